The van der Waals surface area contributed by atoms with Crippen LogP contribution in [0.2, 0.25) is 0 Å². The number of aromatic nitrogens is 2. The van der Waals surface area contributed by atoms with E-state index in [4.69, 9.17) is 0 Å². The second kappa shape index (κ2) is 4.82. The molecule has 0 saturated heterocycles. The number of halogens is 1. The molecule has 3 heteroatoms. The lowest BCUT2D eigenvalue weighted by Gasteiger charge is -2.04. The fraction of sp³-hybridized carbons (Fsp3) is 0.188. The van der Waals surface area contributed by atoms with E-state index >= 15 is 0 Å². The van der Waals surface area contributed by atoms with E-state index in [9.17, 15) is 0 Å². The Kier molecular flexibility index (Phi) is 3.15. The van der Waals surface area contributed by atoms with E-state index in [-0.39, 0.29) is 0 Å². The van der Waals surface area contributed by atoms with Crippen LogP contribution in [-0.4, -0.2) is 9.78 Å². The highest BCUT2D eigenvalue weighted by atomic mass is 79.9. The summed E-state index contributed by atoms with van der Waals surface area (Å²) >= 11 is 3.50. The van der Waals surface area contributed by atoms with Crippen LogP contribution >= 0.6 is 15.9 Å². The predicted molar refractivity (Wildman–Crippen MR) is 83.3 cm³/mol. The van der Waals surface area contributed by atoms with Crippen LogP contribution in [0.3, 0.4) is 0 Å². The lowest BCUT2D eigenvalue weighted by molar-refractivity contribution is 0.532. The SMILES string of the molecule is CC(C)n1cc(-c2ccc3cc(Br)ccc3c2)cn1. The van der Waals surface area contributed by atoms with Crippen molar-refractivity contribution in [3.63, 3.8) is 0 Å². The number of hydrogen-bond donors (Lipinski definition) is 0. The fourth-order valence-corrected chi connectivity index (χ4v) is 2.54. The molecule has 0 radical (unpaired) electrons. The lowest BCUT2D eigenvalue weighted by Crippen LogP contribution is -1.99. The molecule has 0 aliphatic carbocycles. The molecule has 3 rings (SSSR count). The summed E-state index contributed by atoms with van der Waals surface area (Å²) in [6.45, 7) is 4.27. The van der Waals surface area contributed by atoms with Gasteiger partial charge in [0.05, 0.1) is 6.20 Å². The minimum Gasteiger partial charge on any atom is -0.270 e. The Morgan fingerprint density at radius 3 is 2.47 bits per heavy atom. The van der Waals surface area contributed by atoms with E-state index < -0.39 is 0 Å². The number of hydrogen-bond acceptors (Lipinski definition) is 1. The third-order valence-electron chi connectivity index (χ3n) is 3.27. The molecule has 0 N–H and O–H groups in total. The molecule has 0 saturated carbocycles. The Hall–Kier alpha value is -1.61. The number of rotatable bonds is 2. The highest BCUT2D eigenvalue weighted by molar-refractivity contribution is 9.10. The van der Waals surface area contributed by atoms with Gasteiger partial charge in [0.25, 0.3) is 0 Å². The first-order valence-electron chi connectivity index (χ1n) is 6.37. The molecule has 3 aromatic rings. The normalized spacial score (nSPS) is 11.4. The zero-order valence-electron chi connectivity index (χ0n) is 11.0. The Bertz CT molecular complexity index is 728. The maximum absolute atomic E-state index is 4.40. The second-order valence-corrected chi connectivity index (χ2v) is 5.92. The van der Waals surface area contributed by atoms with Crippen LogP contribution in [0.25, 0.3) is 21.9 Å². The second-order valence-electron chi connectivity index (χ2n) is 5.01. The fourth-order valence-electron chi connectivity index (χ4n) is 2.17. The number of nitrogens with zero attached hydrogens (tertiary/aromatic N) is 2. The molecule has 2 nitrogen and oxygen atoms in total. The van der Waals surface area contributed by atoms with Gasteiger partial charge >= 0.3 is 0 Å². The summed E-state index contributed by atoms with van der Waals surface area (Å²) in [4.78, 5) is 0. The minimum atomic E-state index is 0.394. The number of fused-ring (bicyclic) bond motifs is 1. The molecule has 1 aromatic heterocycles. The van der Waals surface area contributed by atoms with Crippen LogP contribution in [0, 0.1) is 0 Å². The van der Waals surface area contributed by atoms with Crippen molar-refractivity contribution in [3.05, 3.63) is 53.3 Å². The molecule has 0 unspecified atom stereocenters. The van der Waals surface area contributed by atoms with E-state index in [1.54, 1.807) is 0 Å². The van der Waals surface area contributed by atoms with E-state index in [1.165, 1.54) is 21.9 Å². The van der Waals surface area contributed by atoms with Crippen LogP contribution in [0.5, 0.6) is 0 Å². The van der Waals surface area contributed by atoms with Crippen LogP contribution < -0.4 is 0 Å². The summed E-state index contributed by atoms with van der Waals surface area (Å²) in [6, 6.07) is 13.3. The van der Waals surface area contributed by atoms with Gasteiger partial charge in [0, 0.05) is 22.3 Å². The zero-order chi connectivity index (χ0) is 13.4. The quantitative estimate of drug-likeness (QED) is 0.647. The number of benzene rings is 2. The molecule has 19 heavy (non-hydrogen) atoms. The van der Waals surface area contributed by atoms with Crippen LogP contribution in [0.15, 0.2) is 53.3 Å². The maximum atomic E-state index is 4.40. The Labute approximate surface area is 121 Å². The largest absolute Gasteiger partial charge is 0.270 e. The van der Waals surface area contributed by atoms with E-state index in [1.807, 2.05) is 10.9 Å². The standard InChI is InChI=1S/C16H15BrN2/c1-11(2)19-10-15(9-18-19)13-3-4-14-8-16(17)6-5-12(14)7-13/h3-11H,1-2H3. The smallest absolute Gasteiger partial charge is 0.0568 e. The zero-order valence-corrected chi connectivity index (χ0v) is 12.6. The molecule has 0 fully saturated rings. The van der Waals surface area contributed by atoms with Crippen molar-refractivity contribution >= 4 is 26.7 Å². The van der Waals surface area contributed by atoms with E-state index in [2.05, 4.69) is 77.5 Å². The maximum Gasteiger partial charge on any atom is 0.0568 e. The monoisotopic (exact) mass is 314 g/mol. The summed E-state index contributed by atoms with van der Waals surface area (Å²) in [6.07, 6.45) is 4.03. The van der Waals surface area contributed by atoms with Gasteiger partial charge in [-0.05, 0) is 48.4 Å². The van der Waals surface area contributed by atoms with Crippen LogP contribution in [-0.2, 0) is 0 Å². The van der Waals surface area contributed by atoms with Crippen molar-refractivity contribution in [1.29, 1.82) is 0 Å². The van der Waals surface area contributed by atoms with Crippen molar-refractivity contribution in [2.75, 3.05) is 0 Å². The lowest BCUT2D eigenvalue weighted by atomic mass is 10.0. The molecule has 2 aromatic carbocycles. The van der Waals surface area contributed by atoms with Gasteiger partial charge in [0.15, 0.2) is 0 Å². The molecular weight excluding hydrogens is 300 g/mol. The van der Waals surface area contributed by atoms with Gasteiger partial charge in [0.1, 0.15) is 0 Å². The van der Waals surface area contributed by atoms with Crippen molar-refractivity contribution in [3.8, 4) is 11.1 Å². The first kappa shape index (κ1) is 12.4. The third-order valence-corrected chi connectivity index (χ3v) is 3.76. The summed E-state index contributed by atoms with van der Waals surface area (Å²) in [5.74, 6) is 0. The van der Waals surface area contributed by atoms with Crippen molar-refractivity contribution in [2.45, 2.75) is 19.9 Å². The Morgan fingerprint density at radius 1 is 1.00 bits per heavy atom. The predicted octanol–water partition coefficient (Wildman–Crippen LogP) is 5.05. The van der Waals surface area contributed by atoms with Gasteiger partial charge in [0.2, 0.25) is 0 Å². The Morgan fingerprint density at radius 2 is 1.74 bits per heavy atom. The third kappa shape index (κ3) is 2.43. The summed E-state index contributed by atoms with van der Waals surface area (Å²) < 4.78 is 3.10. The van der Waals surface area contributed by atoms with Crippen molar-refractivity contribution in [2.24, 2.45) is 0 Å². The highest BCUT2D eigenvalue weighted by Crippen LogP contribution is 2.26. The molecule has 1 heterocycles. The topological polar surface area (TPSA) is 17.8 Å². The van der Waals surface area contributed by atoms with Crippen LogP contribution in [0.4, 0.5) is 0 Å². The van der Waals surface area contributed by atoms with Crippen molar-refractivity contribution < 1.29 is 0 Å². The highest BCUT2D eigenvalue weighted by Gasteiger charge is 2.05. The van der Waals surface area contributed by atoms with Gasteiger partial charge < -0.3 is 0 Å². The van der Waals surface area contributed by atoms with Gasteiger partial charge in [-0.15, -0.1) is 0 Å². The first-order chi connectivity index (χ1) is 9.13. The summed E-state index contributed by atoms with van der Waals surface area (Å²) in [5.41, 5.74) is 2.38. The van der Waals surface area contributed by atoms with Gasteiger partial charge in [-0.1, -0.05) is 34.1 Å². The molecule has 96 valence electrons. The molecule has 0 aliphatic rings. The molecule has 0 atom stereocenters. The van der Waals surface area contributed by atoms with E-state index in [0.717, 1.165) is 4.47 Å². The summed E-state index contributed by atoms with van der Waals surface area (Å²) in [5, 5.41) is 6.89. The summed E-state index contributed by atoms with van der Waals surface area (Å²) in [7, 11) is 0. The van der Waals surface area contributed by atoms with Gasteiger partial charge in [-0.2, -0.15) is 5.10 Å². The average molecular weight is 315 g/mol. The molecule has 0 bridgehead atoms. The van der Waals surface area contributed by atoms with Crippen molar-refractivity contribution in [1.82, 2.24) is 9.78 Å². The molecular formula is C16H15BrN2. The molecule has 0 aliphatic heterocycles. The minimum absolute atomic E-state index is 0.394. The Balaban J connectivity index is 2.07. The van der Waals surface area contributed by atoms with Crippen LogP contribution in [0.1, 0.15) is 19.9 Å². The van der Waals surface area contributed by atoms with Gasteiger partial charge in [-0.3, -0.25) is 4.68 Å². The van der Waals surface area contributed by atoms with Gasteiger partial charge in [-0.25, -0.2) is 0 Å². The van der Waals surface area contributed by atoms with E-state index in [0.29, 0.717) is 6.04 Å². The average Bonchev–Trinajstić information content (AvgIpc) is 2.88. The molecule has 0 spiro atoms. The first-order valence-corrected chi connectivity index (χ1v) is 7.16. The molecule has 0 amide bonds.